The van der Waals surface area contributed by atoms with Crippen LogP contribution in [0.4, 0.5) is 10.1 Å². The smallest absolute Gasteiger partial charge is 0.139 e. The molecular weight excluding hydrogens is 271 g/mol. The van der Waals surface area contributed by atoms with E-state index in [1.165, 1.54) is 6.07 Å². The zero-order valence-electron chi connectivity index (χ0n) is 9.63. The minimum absolute atomic E-state index is 0.251. The first-order chi connectivity index (χ1) is 7.54. The van der Waals surface area contributed by atoms with Crippen LogP contribution in [0.5, 0.6) is 0 Å². The molecule has 0 saturated heterocycles. The molecule has 0 saturated carbocycles. The summed E-state index contributed by atoms with van der Waals surface area (Å²) in [7, 11) is 0. The lowest BCUT2D eigenvalue weighted by molar-refractivity contribution is 0.413. The summed E-state index contributed by atoms with van der Waals surface area (Å²) in [5, 5.41) is 3.20. The molecule has 0 radical (unpaired) electrons. The van der Waals surface area contributed by atoms with E-state index in [0.29, 0.717) is 22.9 Å². The number of rotatable bonds is 5. The Morgan fingerprint density at radius 2 is 2.12 bits per heavy atom. The highest BCUT2D eigenvalue weighted by Crippen LogP contribution is 2.20. The maximum atomic E-state index is 13.2. The third-order valence-electron chi connectivity index (χ3n) is 2.73. The number of hydrogen-bond acceptors (Lipinski definition) is 2. The molecule has 0 heterocycles. The fourth-order valence-electron chi connectivity index (χ4n) is 1.45. The second kappa shape index (κ2) is 6.21. The predicted octanol–water partition coefficient (Wildman–Crippen LogP) is 3.23. The molecule has 1 aromatic carbocycles. The van der Waals surface area contributed by atoms with Crippen LogP contribution in [0.2, 0.25) is 0 Å². The van der Waals surface area contributed by atoms with Gasteiger partial charge in [-0.3, -0.25) is 0 Å². The van der Waals surface area contributed by atoms with Gasteiger partial charge in [-0.05, 0) is 52.5 Å². The van der Waals surface area contributed by atoms with E-state index in [9.17, 15) is 4.39 Å². The van der Waals surface area contributed by atoms with Crippen LogP contribution in [0.3, 0.4) is 0 Å². The summed E-state index contributed by atoms with van der Waals surface area (Å²) in [4.78, 5) is 0. The van der Waals surface area contributed by atoms with Crippen molar-refractivity contribution >= 4 is 21.6 Å². The Hall–Kier alpha value is -0.610. The second-order valence-corrected chi connectivity index (χ2v) is 5.10. The van der Waals surface area contributed by atoms with Crippen LogP contribution in [-0.4, -0.2) is 13.1 Å². The summed E-state index contributed by atoms with van der Waals surface area (Å²) in [6.45, 7) is 5.70. The topological polar surface area (TPSA) is 38.0 Å². The molecule has 0 amide bonds. The van der Waals surface area contributed by atoms with Crippen LogP contribution in [0, 0.1) is 17.7 Å². The molecule has 0 aromatic heterocycles. The van der Waals surface area contributed by atoms with Crippen LogP contribution >= 0.6 is 15.9 Å². The molecule has 4 heteroatoms. The largest absolute Gasteiger partial charge is 0.385 e. The third kappa shape index (κ3) is 3.76. The summed E-state index contributed by atoms with van der Waals surface area (Å²) < 4.78 is 13.7. The van der Waals surface area contributed by atoms with Crippen LogP contribution in [0.15, 0.2) is 22.7 Å². The molecule has 0 aliphatic carbocycles. The first kappa shape index (κ1) is 13.5. The van der Waals surface area contributed by atoms with Gasteiger partial charge in [-0.25, -0.2) is 4.39 Å². The molecule has 90 valence electrons. The summed E-state index contributed by atoms with van der Waals surface area (Å²) in [5.41, 5.74) is 6.46. The monoisotopic (exact) mass is 288 g/mol. The quantitative estimate of drug-likeness (QED) is 0.873. The minimum atomic E-state index is -0.251. The molecule has 0 aliphatic heterocycles. The van der Waals surface area contributed by atoms with Crippen molar-refractivity contribution in [1.82, 2.24) is 0 Å². The van der Waals surface area contributed by atoms with Crippen LogP contribution in [-0.2, 0) is 0 Å². The minimum Gasteiger partial charge on any atom is -0.385 e. The van der Waals surface area contributed by atoms with Crippen molar-refractivity contribution in [2.45, 2.75) is 13.8 Å². The number of hydrogen-bond donors (Lipinski definition) is 2. The van der Waals surface area contributed by atoms with E-state index in [4.69, 9.17) is 5.73 Å². The first-order valence-corrected chi connectivity index (χ1v) is 6.23. The van der Waals surface area contributed by atoms with Crippen LogP contribution in [0.1, 0.15) is 13.8 Å². The second-order valence-electron chi connectivity index (χ2n) is 4.25. The van der Waals surface area contributed by atoms with Gasteiger partial charge in [-0.1, -0.05) is 13.8 Å². The summed E-state index contributed by atoms with van der Waals surface area (Å²) >= 11 is 3.12. The molecule has 0 aliphatic rings. The van der Waals surface area contributed by atoms with E-state index in [2.05, 4.69) is 35.1 Å². The van der Waals surface area contributed by atoms with Crippen LogP contribution < -0.4 is 11.1 Å². The first-order valence-electron chi connectivity index (χ1n) is 5.43. The lowest BCUT2D eigenvalue weighted by atomic mass is 9.96. The maximum absolute atomic E-state index is 13.2. The number of anilines is 1. The highest BCUT2D eigenvalue weighted by molar-refractivity contribution is 9.10. The third-order valence-corrected chi connectivity index (χ3v) is 3.38. The van der Waals surface area contributed by atoms with Gasteiger partial charge in [0.2, 0.25) is 0 Å². The van der Waals surface area contributed by atoms with Gasteiger partial charge in [-0.15, -0.1) is 0 Å². The Morgan fingerprint density at radius 3 is 2.62 bits per heavy atom. The molecule has 0 spiro atoms. The van der Waals surface area contributed by atoms with Crippen molar-refractivity contribution in [1.29, 1.82) is 0 Å². The Balaban J connectivity index is 2.57. The number of nitrogens with two attached hydrogens (primary N) is 1. The molecular formula is C12H18BrFN2. The maximum Gasteiger partial charge on any atom is 0.139 e. The normalized spacial score (nSPS) is 12.9. The predicted molar refractivity (Wildman–Crippen MR) is 70.0 cm³/mol. The van der Waals surface area contributed by atoms with E-state index in [0.717, 1.165) is 12.2 Å². The van der Waals surface area contributed by atoms with E-state index >= 15 is 0 Å². The molecule has 1 atom stereocenters. The van der Waals surface area contributed by atoms with Crippen LogP contribution in [0.25, 0.3) is 0 Å². The van der Waals surface area contributed by atoms with Crippen molar-refractivity contribution in [2.24, 2.45) is 17.6 Å². The lowest BCUT2D eigenvalue weighted by Gasteiger charge is -2.20. The van der Waals surface area contributed by atoms with Gasteiger partial charge < -0.3 is 11.1 Å². The SMILES string of the molecule is CC(C)C(CN)CNc1ccc(Br)c(F)c1. The molecule has 16 heavy (non-hydrogen) atoms. The van der Waals surface area contributed by atoms with Crippen molar-refractivity contribution in [3.8, 4) is 0 Å². The number of nitrogens with one attached hydrogen (secondary N) is 1. The zero-order chi connectivity index (χ0) is 12.1. The van der Waals surface area contributed by atoms with Gasteiger partial charge in [0.05, 0.1) is 4.47 Å². The molecule has 2 nitrogen and oxygen atoms in total. The standard InChI is InChI=1S/C12H18BrFN2/c1-8(2)9(6-15)7-16-10-3-4-11(13)12(14)5-10/h3-5,8-9,16H,6-7,15H2,1-2H3. The van der Waals surface area contributed by atoms with Gasteiger partial charge in [0.25, 0.3) is 0 Å². The van der Waals surface area contributed by atoms with Crippen molar-refractivity contribution in [2.75, 3.05) is 18.4 Å². The zero-order valence-corrected chi connectivity index (χ0v) is 11.2. The van der Waals surface area contributed by atoms with Crippen molar-refractivity contribution in [3.05, 3.63) is 28.5 Å². The summed E-state index contributed by atoms with van der Waals surface area (Å²) in [6.07, 6.45) is 0. The average molecular weight is 289 g/mol. The molecule has 1 rings (SSSR count). The fraction of sp³-hybridized carbons (Fsp3) is 0.500. The molecule has 1 aromatic rings. The summed E-state index contributed by atoms with van der Waals surface area (Å²) in [5.74, 6) is 0.684. The number of benzene rings is 1. The Morgan fingerprint density at radius 1 is 1.44 bits per heavy atom. The number of halogens is 2. The van der Waals surface area contributed by atoms with Gasteiger partial charge in [0.1, 0.15) is 5.82 Å². The molecule has 1 unspecified atom stereocenters. The summed E-state index contributed by atoms with van der Waals surface area (Å²) in [6, 6.07) is 5.03. The van der Waals surface area contributed by atoms with Crippen molar-refractivity contribution < 1.29 is 4.39 Å². The van der Waals surface area contributed by atoms with E-state index in [-0.39, 0.29) is 5.82 Å². The Labute approximate surface area is 105 Å². The molecule has 0 fully saturated rings. The lowest BCUT2D eigenvalue weighted by Crippen LogP contribution is -2.27. The highest BCUT2D eigenvalue weighted by atomic mass is 79.9. The van der Waals surface area contributed by atoms with Gasteiger partial charge in [0.15, 0.2) is 0 Å². The average Bonchev–Trinajstić information content (AvgIpc) is 2.23. The van der Waals surface area contributed by atoms with E-state index in [1.807, 2.05) is 6.07 Å². The van der Waals surface area contributed by atoms with E-state index < -0.39 is 0 Å². The fourth-order valence-corrected chi connectivity index (χ4v) is 1.69. The van der Waals surface area contributed by atoms with Gasteiger partial charge in [-0.2, -0.15) is 0 Å². The Kier molecular flexibility index (Phi) is 5.22. The molecule has 3 N–H and O–H groups in total. The van der Waals surface area contributed by atoms with Crippen molar-refractivity contribution in [3.63, 3.8) is 0 Å². The Bertz CT molecular complexity index is 342. The highest BCUT2D eigenvalue weighted by Gasteiger charge is 2.11. The molecule has 0 bridgehead atoms. The van der Waals surface area contributed by atoms with E-state index in [1.54, 1.807) is 6.07 Å². The van der Waals surface area contributed by atoms with Gasteiger partial charge in [0, 0.05) is 12.2 Å². The van der Waals surface area contributed by atoms with Gasteiger partial charge >= 0.3 is 0 Å².